The van der Waals surface area contributed by atoms with Crippen molar-refractivity contribution in [3.8, 4) is 0 Å². The molecule has 1 fully saturated rings. The van der Waals surface area contributed by atoms with E-state index in [1.165, 1.54) is 20.2 Å². The summed E-state index contributed by atoms with van der Waals surface area (Å²) in [6, 6.07) is 4.75. The van der Waals surface area contributed by atoms with Crippen LogP contribution in [0.1, 0.15) is 15.9 Å². The van der Waals surface area contributed by atoms with Crippen LogP contribution in [0.2, 0.25) is 0 Å². The third kappa shape index (κ3) is 4.54. The molecular weight excluding hydrogens is 330 g/mol. The molecule has 0 radical (unpaired) electrons. The molecule has 134 valence electrons. The van der Waals surface area contributed by atoms with E-state index in [0.717, 1.165) is 37.2 Å². The van der Waals surface area contributed by atoms with Crippen LogP contribution in [0.4, 0.5) is 0 Å². The highest BCUT2D eigenvalue weighted by molar-refractivity contribution is 7.89. The maximum atomic E-state index is 12.3. The summed E-state index contributed by atoms with van der Waals surface area (Å²) in [7, 11) is -0.618. The molecule has 1 saturated heterocycles. The smallest absolute Gasteiger partial charge is 0.251 e. The molecule has 1 aliphatic rings. The topological polar surface area (TPSA) is 79.0 Å². The number of aryl methyl sites for hydroxylation is 1. The molecule has 1 aromatic carbocycles. The van der Waals surface area contributed by atoms with Crippen LogP contribution >= 0.6 is 0 Å². The molecule has 0 saturated carbocycles. The van der Waals surface area contributed by atoms with Gasteiger partial charge in [0.2, 0.25) is 10.0 Å². The van der Waals surface area contributed by atoms with E-state index < -0.39 is 10.0 Å². The van der Waals surface area contributed by atoms with Gasteiger partial charge >= 0.3 is 0 Å². The highest BCUT2D eigenvalue weighted by atomic mass is 32.2. The Balaban J connectivity index is 2.02. The largest absolute Gasteiger partial charge is 0.379 e. The number of hydrogen-bond donors (Lipinski definition) is 1. The predicted molar refractivity (Wildman–Crippen MR) is 91.6 cm³/mol. The number of sulfonamides is 1. The van der Waals surface area contributed by atoms with E-state index >= 15 is 0 Å². The summed E-state index contributed by atoms with van der Waals surface area (Å²) >= 11 is 0. The first-order chi connectivity index (χ1) is 11.3. The molecule has 1 N–H and O–H groups in total. The van der Waals surface area contributed by atoms with E-state index in [0.29, 0.717) is 17.7 Å². The molecule has 0 unspecified atom stereocenters. The third-order valence-corrected chi connectivity index (χ3v) is 5.98. The molecule has 1 amide bonds. The minimum atomic E-state index is -3.57. The molecule has 0 atom stereocenters. The summed E-state index contributed by atoms with van der Waals surface area (Å²) in [4.78, 5) is 14.7. The van der Waals surface area contributed by atoms with Crippen molar-refractivity contribution in [1.82, 2.24) is 14.5 Å². The molecular formula is C16H25N3O4S. The molecule has 7 nitrogen and oxygen atoms in total. The van der Waals surface area contributed by atoms with E-state index in [-0.39, 0.29) is 10.8 Å². The lowest BCUT2D eigenvalue weighted by Crippen LogP contribution is -2.41. The Kier molecular flexibility index (Phi) is 6.34. The summed E-state index contributed by atoms with van der Waals surface area (Å²) in [5, 5.41) is 2.84. The minimum Gasteiger partial charge on any atom is -0.379 e. The van der Waals surface area contributed by atoms with Crippen LogP contribution in [0.25, 0.3) is 0 Å². The SMILES string of the molecule is Cc1ccc(C(=O)NCCN2CCOCC2)cc1S(=O)(=O)N(C)C. The first kappa shape index (κ1) is 18.9. The van der Waals surface area contributed by atoms with Crippen LogP contribution in [0.5, 0.6) is 0 Å². The van der Waals surface area contributed by atoms with Gasteiger partial charge in [-0.2, -0.15) is 0 Å². The molecule has 1 aromatic rings. The number of carbonyl (C=O) groups excluding carboxylic acids is 1. The van der Waals surface area contributed by atoms with Gasteiger partial charge in [-0.3, -0.25) is 9.69 Å². The van der Waals surface area contributed by atoms with E-state index in [1.807, 2.05) is 0 Å². The molecule has 0 bridgehead atoms. The van der Waals surface area contributed by atoms with Gasteiger partial charge in [0.1, 0.15) is 0 Å². The first-order valence-electron chi connectivity index (χ1n) is 7.94. The lowest BCUT2D eigenvalue weighted by molar-refractivity contribution is 0.0383. The van der Waals surface area contributed by atoms with Crippen molar-refractivity contribution in [2.24, 2.45) is 0 Å². The van der Waals surface area contributed by atoms with E-state index in [2.05, 4.69) is 10.2 Å². The number of carbonyl (C=O) groups is 1. The van der Waals surface area contributed by atoms with Crippen molar-refractivity contribution in [2.75, 3.05) is 53.5 Å². The number of benzene rings is 1. The molecule has 0 aliphatic carbocycles. The summed E-state index contributed by atoms with van der Waals surface area (Å²) in [6.45, 7) is 6.16. The van der Waals surface area contributed by atoms with Crippen LogP contribution in [0, 0.1) is 6.92 Å². The fourth-order valence-corrected chi connectivity index (χ4v) is 3.61. The van der Waals surface area contributed by atoms with Gasteiger partial charge in [-0.05, 0) is 24.6 Å². The van der Waals surface area contributed by atoms with E-state index in [1.54, 1.807) is 19.1 Å². The summed E-state index contributed by atoms with van der Waals surface area (Å²) in [5.74, 6) is -0.265. The highest BCUT2D eigenvalue weighted by Crippen LogP contribution is 2.19. The standard InChI is InChI=1S/C16H25N3O4S/c1-13-4-5-14(12-15(13)24(21,22)18(2)3)16(20)17-6-7-19-8-10-23-11-9-19/h4-5,12H,6-11H2,1-3H3,(H,17,20). The number of rotatable bonds is 6. The Morgan fingerprint density at radius 2 is 1.96 bits per heavy atom. The predicted octanol–water partition coefficient (Wildman–Crippen LogP) is 0.307. The minimum absolute atomic E-state index is 0.160. The van der Waals surface area contributed by atoms with E-state index in [9.17, 15) is 13.2 Å². The number of ether oxygens (including phenoxy) is 1. The van der Waals surface area contributed by atoms with Gasteiger partial charge in [0, 0.05) is 45.8 Å². The first-order valence-corrected chi connectivity index (χ1v) is 9.38. The zero-order valence-corrected chi connectivity index (χ0v) is 15.2. The van der Waals surface area contributed by atoms with Gasteiger partial charge in [0.25, 0.3) is 5.91 Å². The molecule has 1 aliphatic heterocycles. The lowest BCUT2D eigenvalue weighted by atomic mass is 10.1. The average molecular weight is 355 g/mol. The number of amides is 1. The fraction of sp³-hybridized carbons (Fsp3) is 0.562. The quantitative estimate of drug-likeness (QED) is 0.794. The van der Waals surface area contributed by atoms with Crippen LogP contribution in [-0.2, 0) is 14.8 Å². The van der Waals surface area contributed by atoms with E-state index in [4.69, 9.17) is 4.74 Å². The van der Waals surface area contributed by atoms with Crippen LogP contribution < -0.4 is 5.32 Å². The van der Waals surface area contributed by atoms with Crippen molar-refractivity contribution in [3.05, 3.63) is 29.3 Å². The van der Waals surface area contributed by atoms with Gasteiger partial charge in [0.15, 0.2) is 0 Å². The zero-order chi connectivity index (χ0) is 17.7. The number of nitrogens with zero attached hydrogens (tertiary/aromatic N) is 2. The van der Waals surface area contributed by atoms with Crippen molar-refractivity contribution in [2.45, 2.75) is 11.8 Å². The average Bonchev–Trinajstić information content (AvgIpc) is 2.55. The van der Waals surface area contributed by atoms with Crippen molar-refractivity contribution in [1.29, 1.82) is 0 Å². The van der Waals surface area contributed by atoms with Gasteiger partial charge in [-0.25, -0.2) is 12.7 Å². The second-order valence-electron chi connectivity index (χ2n) is 5.98. The normalized spacial score (nSPS) is 16.3. The molecule has 2 rings (SSSR count). The van der Waals surface area contributed by atoms with Gasteiger partial charge in [-0.1, -0.05) is 6.07 Å². The van der Waals surface area contributed by atoms with Crippen LogP contribution in [0.15, 0.2) is 23.1 Å². The fourth-order valence-electron chi connectivity index (χ4n) is 2.47. The van der Waals surface area contributed by atoms with Crippen molar-refractivity contribution in [3.63, 3.8) is 0 Å². The number of nitrogens with one attached hydrogen (secondary N) is 1. The monoisotopic (exact) mass is 355 g/mol. The maximum Gasteiger partial charge on any atom is 0.251 e. The Morgan fingerprint density at radius 1 is 1.29 bits per heavy atom. The Labute approximate surface area is 143 Å². The van der Waals surface area contributed by atoms with Gasteiger partial charge in [-0.15, -0.1) is 0 Å². The summed E-state index contributed by atoms with van der Waals surface area (Å²) in [6.07, 6.45) is 0. The molecule has 1 heterocycles. The molecule has 8 heteroatoms. The third-order valence-electron chi connectivity index (χ3n) is 4.03. The molecule has 0 aromatic heterocycles. The Bertz CT molecular complexity index is 683. The zero-order valence-electron chi connectivity index (χ0n) is 14.4. The summed E-state index contributed by atoms with van der Waals surface area (Å²) in [5.41, 5.74) is 0.969. The number of hydrogen-bond acceptors (Lipinski definition) is 5. The Hall–Kier alpha value is -1.48. The van der Waals surface area contributed by atoms with Crippen LogP contribution in [-0.4, -0.2) is 77.0 Å². The van der Waals surface area contributed by atoms with Gasteiger partial charge in [0.05, 0.1) is 18.1 Å². The highest BCUT2D eigenvalue weighted by Gasteiger charge is 2.21. The van der Waals surface area contributed by atoms with Crippen molar-refractivity contribution >= 4 is 15.9 Å². The lowest BCUT2D eigenvalue weighted by Gasteiger charge is -2.26. The Morgan fingerprint density at radius 3 is 2.58 bits per heavy atom. The maximum absolute atomic E-state index is 12.3. The van der Waals surface area contributed by atoms with Crippen molar-refractivity contribution < 1.29 is 17.9 Å². The van der Waals surface area contributed by atoms with Crippen LogP contribution in [0.3, 0.4) is 0 Å². The summed E-state index contributed by atoms with van der Waals surface area (Å²) < 4.78 is 31.1. The molecule has 0 spiro atoms. The second-order valence-corrected chi connectivity index (χ2v) is 8.10. The second kappa shape index (κ2) is 8.06. The molecule has 24 heavy (non-hydrogen) atoms. The van der Waals surface area contributed by atoms with Gasteiger partial charge < -0.3 is 10.1 Å². The number of morpholine rings is 1.